The van der Waals surface area contributed by atoms with Crippen molar-refractivity contribution < 1.29 is 33.2 Å². The fourth-order valence-corrected chi connectivity index (χ4v) is 6.27. The van der Waals surface area contributed by atoms with Gasteiger partial charge in [-0.3, -0.25) is 14.4 Å². The summed E-state index contributed by atoms with van der Waals surface area (Å²) in [6, 6.07) is 7.10. The number of benzene rings is 1. The Balaban J connectivity index is 0.00000650. The number of aryl methyl sites for hydroxylation is 2. The first-order valence-corrected chi connectivity index (χ1v) is 17.4. The SMILES string of the molecule is Cc1sc2c(c1C)C(c1ccc(Cl)cc1)=NC(CC(=O)NCCOCCOCCOCCOCCOCCOCCN)c1nnc(C)n1-2.Cl. The zero-order chi connectivity index (χ0) is 34.1. The van der Waals surface area contributed by atoms with Gasteiger partial charge >= 0.3 is 0 Å². The monoisotopic (exact) mass is 742 g/mol. The lowest BCUT2D eigenvalue weighted by Crippen LogP contribution is -2.29. The molecule has 1 aromatic carbocycles. The summed E-state index contributed by atoms with van der Waals surface area (Å²) in [6.07, 6.45) is 0.120. The van der Waals surface area contributed by atoms with Crippen LogP contribution in [0.2, 0.25) is 5.02 Å². The van der Waals surface area contributed by atoms with Crippen molar-refractivity contribution >= 4 is 47.0 Å². The Morgan fingerprint density at radius 1 is 0.837 bits per heavy atom. The number of nitrogens with one attached hydrogen (secondary N) is 1. The number of amides is 1. The minimum absolute atomic E-state index is 0. The van der Waals surface area contributed by atoms with Gasteiger partial charge in [-0.25, -0.2) is 0 Å². The fourth-order valence-electron chi connectivity index (χ4n) is 4.93. The van der Waals surface area contributed by atoms with Crippen molar-refractivity contribution in [2.45, 2.75) is 33.2 Å². The maximum atomic E-state index is 13.1. The lowest BCUT2D eigenvalue weighted by Gasteiger charge is -2.13. The molecule has 0 spiro atoms. The molecule has 3 aromatic rings. The Bertz CT molecular complexity index is 1450. The molecule has 0 saturated carbocycles. The molecule has 2 aromatic heterocycles. The lowest BCUT2D eigenvalue weighted by molar-refractivity contribution is -0.121. The van der Waals surface area contributed by atoms with Crippen molar-refractivity contribution in [1.29, 1.82) is 0 Å². The van der Waals surface area contributed by atoms with Crippen LogP contribution in [-0.4, -0.2) is 119 Å². The number of nitrogens with zero attached hydrogens (tertiary/aromatic N) is 4. The highest BCUT2D eigenvalue weighted by molar-refractivity contribution is 7.15. The number of rotatable bonds is 23. The van der Waals surface area contributed by atoms with E-state index in [1.807, 2.05) is 35.8 Å². The minimum Gasteiger partial charge on any atom is -0.378 e. The highest BCUT2D eigenvalue weighted by atomic mass is 35.5. The largest absolute Gasteiger partial charge is 0.378 e. The van der Waals surface area contributed by atoms with Crippen LogP contribution in [-0.2, 0) is 33.2 Å². The quantitative estimate of drug-likeness (QED) is 0.137. The molecule has 0 aliphatic carbocycles. The van der Waals surface area contributed by atoms with E-state index in [0.717, 1.165) is 33.2 Å². The zero-order valence-electron chi connectivity index (χ0n) is 28.4. The van der Waals surface area contributed by atoms with E-state index in [2.05, 4.69) is 29.4 Å². The van der Waals surface area contributed by atoms with Gasteiger partial charge in [0, 0.05) is 34.1 Å². The summed E-state index contributed by atoms with van der Waals surface area (Å²) in [7, 11) is 0. The van der Waals surface area contributed by atoms with Gasteiger partial charge in [0.1, 0.15) is 16.9 Å². The Morgan fingerprint density at radius 3 is 1.92 bits per heavy atom. The van der Waals surface area contributed by atoms with E-state index in [0.29, 0.717) is 103 Å². The third-order valence-electron chi connectivity index (χ3n) is 7.43. The van der Waals surface area contributed by atoms with Crippen molar-refractivity contribution in [2.75, 3.05) is 92.4 Å². The molecular weight excluding hydrogens is 695 g/mol. The van der Waals surface area contributed by atoms with Gasteiger partial charge in [0.15, 0.2) is 5.82 Å². The Hall–Kier alpha value is -2.50. The smallest absolute Gasteiger partial charge is 0.222 e. The number of ether oxygens (including phenoxy) is 6. The molecule has 0 radical (unpaired) electrons. The molecule has 272 valence electrons. The van der Waals surface area contributed by atoms with Crippen molar-refractivity contribution in [2.24, 2.45) is 10.7 Å². The van der Waals surface area contributed by atoms with Crippen LogP contribution in [0.3, 0.4) is 0 Å². The van der Waals surface area contributed by atoms with Gasteiger partial charge in [-0.05, 0) is 38.5 Å². The van der Waals surface area contributed by atoms with Crippen molar-refractivity contribution in [3.63, 3.8) is 0 Å². The Morgan fingerprint density at radius 2 is 1.37 bits per heavy atom. The van der Waals surface area contributed by atoms with Crippen molar-refractivity contribution in [3.8, 4) is 5.00 Å². The number of hydrogen-bond acceptors (Lipinski definition) is 12. The molecule has 1 atom stereocenters. The second-order valence-corrected chi connectivity index (χ2v) is 12.6. The number of halogens is 2. The van der Waals surface area contributed by atoms with Crippen molar-refractivity contribution in [3.05, 3.63) is 62.5 Å². The van der Waals surface area contributed by atoms with Crippen LogP contribution >= 0.6 is 35.3 Å². The van der Waals surface area contributed by atoms with Gasteiger partial charge in [-0.2, -0.15) is 0 Å². The molecule has 1 aliphatic heterocycles. The molecule has 16 heteroatoms. The molecule has 3 N–H and O–H groups in total. The normalized spacial score (nSPS) is 13.7. The highest BCUT2D eigenvalue weighted by Gasteiger charge is 2.32. The Labute approximate surface area is 303 Å². The number of carbonyl (C=O) groups excluding carboxylic acids is 1. The van der Waals surface area contributed by atoms with Crippen LogP contribution in [0.4, 0.5) is 0 Å². The number of hydrogen-bond donors (Lipinski definition) is 2. The average molecular weight is 744 g/mol. The number of nitrogens with two attached hydrogens (primary N) is 1. The summed E-state index contributed by atoms with van der Waals surface area (Å²) in [6.45, 7) is 12.8. The van der Waals surface area contributed by atoms with Gasteiger partial charge in [0.25, 0.3) is 0 Å². The summed E-state index contributed by atoms with van der Waals surface area (Å²) >= 11 is 7.87. The third kappa shape index (κ3) is 12.6. The zero-order valence-corrected chi connectivity index (χ0v) is 30.8. The van der Waals surface area contributed by atoms with E-state index < -0.39 is 6.04 Å². The number of fused-ring (bicyclic) bond motifs is 3. The molecule has 1 aliphatic rings. The molecule has 0 fully saturated rings. The summed E-state index contributed by atoms with van der Waals surface area (Å²) in [4.78, 5) is 19.4. The highest BCUT2D eigenvalue weighted by Crippen LogP contribution is 2.39. The molecule has 49 heavy (non-hydrogen) atoms. The lowest BCUT2D eigenvalue weighted by atomic mass is 9.99. The van der Waals surface area contributed by atoms with E-state index in [-0.39, 0.29) is 24.7 Å². The van der Waals surface area contributed by atoms with Crippen LogP contribution in [0.15, 0.2) is 29.3 Å². The van der Waals surface area contributed by atoms with Crippen LogP contribution in [0, 0.1) is 20.8 Å². The van der Waals surface area contributed by atoms with E-state index in [9.17, 15) is 4.79 Å². The topological polar surface area (TPSA) is 154 Å². The Kier molecular flexibility index (Phi) is 18.7. The molecule has 4 rings (SSSR count). The predicted octanol–water partition coefficient (Wildman–Crippen LogP) is 3.79. The van der Waals surface area contributed by atoms with Crippen molar-refractivity contribution in [1.82, 2.24) is 20.1 Å². The van der Waals surface area contributed by atoms with E-state index in [1.54, 1.807) is 11.3 Å². The summed E-state index contributed by atoms with van der Waals surface area (Å²) in [5.41, 5.74) is 9.26. The maximum absolute atomic E-state index is 13.1. The van der Waals surface area contributed by atoms with Crippen LogP contribution in [0.1, 0.15) is 45.7 Å². The van der Waals surface area contributed by atoms with E-state index >= 15 is 0 Å². The number of aromatic nitrogens is 3. The van der Waals surface area contributed by atoms with Gasteiger partial charge in [-0.15, -0.1) is 33.9 Å². The summed E-state index contributed by atoms with van der Waals surface area (Å²) in [5.74, 6) is 1.25. The first kappa shape index (κ1) is 40.9. The second-order valence-electron chi connectivity index (χ2n) is 10.9. The van der Waals surface area contributed by atoms with Crippen LogP contribution in [0.25, 0.3) is 5.00 Å². The molecule has 1 amide bonds. The number of thiophene rings is 1. The minimum atomic E-state index is -0.523. The second kappa shape index (κ2) is 22.3. The van der Waals surface area contributed by atoms with Gasteiger partial charge in [-0.1, -0.05) is 23.7 Å². The predicted molar refractivity (Wildman–Crippen MR) is 192 cm³/mol. The maximum Gasteiger partial charge on any atom is 0.222 e. The molecule has 3 heterocycles. The van der Waals surface area contributed by atoms with E-state index in [1.165, 1.54) is 4.88 Å². The van der Waals surface area contributed by atoms with Gasteiger partial charge < -0.3 is 39.5 Å². The van der Waals surface area contributed by atoms with E-state index in [4.69, 9.17) is 50.7 Å². The number of aliphatic imine (C=N–C) groups is 1. The molecular formula is C33H48Cl2N6O7S. The first-order valence-electron chi connectivity index (χ1n) is 16.2. The summed E-state index contributed by atoms with van der Waals surface area (Å²) < 4.78 is 34.8. The standard InChI is InChI=1S/C33H47ClN6O7S.ClH/c1-23-24(2)48-33-30(23)31(26-4-6-27(34)7-5-26)37-28(32-39-38-25(3)40(32)33)22-29(41)36-9-11-43-13-15-45-17-19-47-21-20-46-18-16-44-14-12-42-10-8-35;/h4-7,28H,8-22,35H2,1-3H3,(H,36,41);1H. The van der Waals surface area contributed by atoms with Crippen LogP contribution in [0.5, 0.6) is 0 Å². The first-order chi connectivity index (χ1) is 23.4. The number of carbonyl (C=O) groups is 1. The third-order valence-corrected chi connectivity index (χ3v) is 8.87. The molecule has 1 unspecified atom stereocenters. The van der Waals surface area contributed by atoms with Gasteiger partial charge in [0.05, 0.1) is 91.4 Å². The molecule has 0 saturated heterocycles. The van der Waals surface area contributed by atoms with Crippen LogP contribution < -0.4 is 11.1 Å². The fraction of sp³-hybridized carbons (Fsp3) is 0.576. The summed E-state index contributed by atoms with van der Waals surface area (Å²) in [5, 5.41) is 13.4. The molecule has 13 nitrogen and oxygen atoms in total. The average Bonchev–Trinajstić information content (AvgIpc) is 3.55. The van der Waals surface area contributed by atoms with Gasteiger partial charge in [0.2, 0.25) is 5.91 Å². The molecule has 0 bridgehead atoms.